The summed E-state index contributed by atoms with van der Waals surface area (Å²) >= 11 is 12.0. The van der Waals surface area contributed by atoms with Gasteiger partial charge in [0.1, 0.15) is 0 Å². The molecule has 3 rings (SSSR count). The monoisotopic (exact) mass is 427 g/mol. The quantitative estimate of drug-likeness (QED) is 0.788. The minimum Gasteiger partial charge on any atom is -0.340 e. The van der Waals surface area contributed by atoms with Gasteiger partial charge >= 0.3 is 0 Å². The summed E-state index contributed by atoms with van der Waals surface area (Å²) in [5, 5.41) is 1.02. The van der Waals surface area contributed by atoms with Crippen LogP contribution in [-0.2, 0) is 11.3 Å². The molecule has 0 spiro atoms. The summed E-state index contributed by atoms with van der Waals surface area (Å²) in [4.78, 5) is 16.4. The largest absolute Gasteiger partial charge is 0.340 e. The first-order valence-electron chi connectivity index (χ1n) is 8.65. The van der Waals surface area contributed by atoms with Gasteiger partial charge < -0.3 is 10.6 Å². The molecule has 1 aliphatic heterocycles. The number of hydrogen-bond donors (Lipinski definition) is 1. The summed E-state index contributed by atoms with van der Waals surface area (Å²) < 4.78 is 0. The van der Waals surface area contributed by atoms with Gasteiger partial charge in [0.15, 0.2) is 0 Å². The zero-order valence-electron chi connectivity index (χ0n) is 15.1. The van der Waals surface area contributed by atoms with E-state index >= 15 is 0 Å². The number of nitrogens with zero attached hydrogens (tertiary/aromatic N) is 2. The Balaban J connectivity index is 0.00000261. The lowest BCUT2D eigenvalue weighted by atomic mass is 9.95. The molecule has 7 heteroatoms. The molecule has 2 N–H and O–H groups in total. The molecule has 4 nitrogen and oxygen atoms in total. The van der Waals surface area contributed by atoms with Gasteiger partial charge in [0.05, 0.1) is 16.6 Å². The highest BCUT2D eigenvalue weighted by Gasteiger charge is 2.32. The normalized spacial score (nSPS) is 19.6. The van der Waals surface area contributed by atoms with Crippen molar-refractivity contribution in [1.29, 1.82) is 0 Å². The average molecular weight is 429 g/mol. The Morgan fingerprint density at radius 1 is 1.15 bits per heavy atom. The molecule has 2 atom stereocenters. The Morgan fingerprint density at radius 2 is 1.85 bits per heavy atom. The number of benzene rings is 2. The van der Waals surface area contributed by atoms with Crippen LogP contribution in [-0.4, -0.2) is 48.4 Å². The van der Waals surface area contributed by atoms with Crippen molar-refractivity contribution in [2.75, 3.05) is 26.7 Å². The van der Waals surface area contributed by atoms with Crippen LogP contribution >= 0.6 is 35.6 Å². The molecule has 1 aliphatic rings. The molecule has 2 aromatic rings. The first kappa shape index (κ1) is 22.0. The number of carbonyl (C=O) groups excluding carboxylic acids is 1. The molecule has 1 saturated heterocycles. The van der Waals surface area contributed by atoms with Crippen molar-refractivity contribution >= 4 is 41.5 Å². The Kier molecular flexibility index (Phi) is 7.95. The van der Waals surface area contributed by atoms with Crippen LogP contribution in [0, 0.1) is 0 Å². The number of amides is 1. The van der Waals surface area contributed by atoms with E-state index in [-0.39, 0.29) is 30.3 Å². The van der Waals surface area contributed by atoms with E-state index in [1.54, 1.807) is 24.1 Å². The predicted molar refractivity (Wildman–Crippen MR) is 114 cm³/mol. The molecule has 2 aromatic carbocycles. The average Bonchev–Trinajstić information content (AvgIpc) is 2.99. The Labute approximate surface area is 176 Å². The molecule has 1 heterocycles. The van der Waals surface area contributed by atoms with Gasteiger partial charge in [-0.2, -0.15) is 0 Å². The maximum atomic E-state index is 12.6. The van der Waals surface area contributed by atoms with E-state index < -0.39 is 0 Å². The van der Waals surface area contributed by atoms with Crippen molar-refractivity contribution in [3.8, 4) is 0 Å². The third kappa shape index (κ3) is 5.59. The minimum absolute atomic E-state index is 0. The van der Waals surface area contributed by atoms with Crippen LogP contribution in [0.25, 0.3) is 0 Å². The fourth-order valence-electron chi connectivity index (χ4n) is 3.41. The van der Waals surface area contributed by atoms with E-state index in [0.29, 0.717) is 23.1 Å². The fraction of sp³-hybridized carbons (Fsp3) is 0.350. The second-order valence-corrected chi connectivity index (χ2v) is 7.69. The molecular formula is C20H24Cl3N3O. The van der Waals surface area contributed by atoms with Gasteiger partial charge in [-0.1, -0.05) is 59.6 Å². The zero-order valence-corrected chi connectivity index (χ0v) is 17.5. The van der Waals surface area contributed by atoms with Gasteiger partial charge in [-0.3, -0.25) is 9.69 Å². The van der Waals surface area contributed by atoms with Gasteiger partial charge in [0.2, 0.25) is 5.91 Å². The molecule has 1 amide bonds. The lowest BCUT2D eigenvalue weighted by Crippen LogP contribution is -2.38. The maximum absolute atomic E-state index is 12.6. The molecular weight excluding hydrogens is 405 g/mol. The lowest BCUT2D eigenvalue weighted by molar-refractivity contribution is -0.131. The van der Waals surface area contributed by atoms with E-state index in [1.807, 2.05) is 24.3 Å². The van der Waals surface area contributed by atoms with Gasteiger partial charge in [-0.05, 0) is 23.3 Å². The van der Waals surface area contributed by atoms with Crippen molar-refractivity contribution < 1.29 is 4.79 Å². The van der Waals surface area contributed by atoms with Crippen molar-refractivity contribution in [2.24, 2.45) is 5.73 Å². The summed E-state index contributed by atoms with van der Waals surface area (Å²) in [6, 6.07) is 15.7. The number of hydrogen-bond acceptors (Lipinski definition) is 3. The summed E-state index contributed by atoms with van der Waals surface area (Å²) in [5.41, 5.74) is 8.50. The molecule has 1 fully saturated rings. The Bertz CT molecular complexity index is 772. The highest BCUT2D eigenvalue weighted by Crippen LogP contribution is 2.26. The third-order valence-electron chi connectivity index (χ3n) is 4.86. The van der Waals surface area contributed by atoms with E-state index in [0.717, 1.165) is 18.7 Å². The number of rotatable bonds is 5. The van der Waals surface area contributed by atoms with Crippen LogP contribution < -0.4 is 5.73 Å². The van der Waals surface area contributed by atoms with Crippen LogP contribution in [0.15, 0.2) is 48.5 Å². The highest BCUT2D eigenvalue weighted by molar-refractivity contribution is 6.42. The Hall–Kier alpha value is -1.30. The maximum Gasteiger partial charge on any atom is 0.236 e. The molecule has 0 bridgehead atoms. The molecule has 0 saturated carbocycles. The summed E-state index contributed by atoms with van der Waals surface area (Å²) in [7, 11) is 1.80. The van der Waals surface area contributed by atoms with E-state index in [2.05, 4.69) is 17.0 Å². The fourth-order valence-corrected chi connectivity index (χ4v) is 3.73. The summed E-state index contributed by atoms with van der Waals surface area (Å²) in [5.74, 6) is 0.335. The number of halogens is 3. The smallest absolute Gasteiger partial charge is 0.236 e. The molecule has 0 aliphatic carbocycles. The summed E-state index contributed by atoms with van der Waals surface area (Å²) in [6.45, 7) is 2.40. The van der Waals surface area contributed by atoms with Crippen LogP contribution in [0.3, 0.4) is 0 Å². The molecule has 0 aromatic heterocycles. The van der Waals surface area contributed by atoms with Crippen molar-refractivity contribution in [1.82, 2.24) is 9.80 Å². The number of likely N-dealkylation sites (tertiary alicyclic amines) is 1. The van der Waals surface area contributed by atoms with Crippen molar-refractivity contribution in [3.63, 3.8) is 0 Å². The van der Waals surface area contributed by atoms with E-state index in [9.17, 15) is 4.79 Å². The third-order valence-corrected chi connectivity index (χ3v) is 5.60. The standard InChI is InChI=1S/C20H23Cl2N3O.ClH/c1-24(10-14-7-8-17(21)18(22)9-14)20(26)13-25-11-16(19(23)12-25)15-5-3-2-4-6-15;/h2-9,16,19H,10-13,23H2,1H3;1H/t16-,19+;/m0./s1. The highest BCUT2D eigenvalue weighted by atomic mass is 35.5. The summed E-state index contributed by atoms with van der Waals surface area (Å²) in [6.07, 6.45) is 0. The lowest BCUT2D eigenvalue weighted by Gasteiger charge is -2.22. The van der Waals surface area contributed by atoms with Gasteiger partial charge in [0.25, 0.3) is 0 Å². The van der Waals surface area contributed by atoms with Crippen molar-refractivity contribution in [3.05, 3.63) is 69.7 Å². The Morgan fingerprint density at radius 3 is 2.52 bits per heavy atom. The predicted octanol–water partition coefficient (Wildman–Crippen LogP) is 3.80. The first-order valence-corrected chi connectivity index (χ1v) is 9.40. The van der Waals surface area contributed by atoms with Gasteiger partial charge in [-0.25, -0.2) is 0 Å². The second-order valence-electron chi connectivity index (χ2n) is 6.87. The molecule has 0 unspecified atom stereocenters. The van der Waals surface area contributed by atoms with Crippen molar-refractivity contribution in [2.45, 2.75) is 18.5 Å². The zero-order chi connectivity index (χ0) is 18.7. The second kappa shape index (κ2) is 9.76. The number of nitrogens with two attached hydrogens (primary N) is 1. The van der Waals surface area contributed by atoms with Gasteiger partial charge in [-0.15, -0.1) is 12.4 Å². The number of likely N-dealkylation sites (N-methyl/N-ethyl adjacent to an activating group) is 1. The molecule has 0 radical (unpaired) electrons. The topological polar surface area (TPSA) is 49.6 Å². The first-order chi connectivity index (χ1) is 12.4. The van der Waals surface area contributed by atoms with Gasteiger partial charge in [0, 0.05) is 38.6 Å². The molecule has 146 valence electrons. The SMILES string of the molecule is CN(Cc1ccc(Cl)c(Cl)c1)C(=O)CN1C[C@@H](N)[C@H](c2ccccc2)C1.Cl. The van der Waals surface area contributed by atoms with Crippen LogP contribution in [0.1, 0.15) is 17.0 Å². The van der Waals surface area contributed by atoms with E-state index in [4.69, 9.17) is 28.9 Å². The van der Waals surface area contributed by atoms with Crippen LogP contribution in [0.2, 0.25) is 10.0 Å². The minimum atomic E-state index is 0. The van der Waals surface area contributed by atoms with E-state index in [1.165, 1.54) is 5.56 Å². The number of carbonyl (C=O) groups is 1. The van der Waals surface area contributed by atoms with Crippen LogP contribution in [0.4, 0.5) is 0 Å². The van der Waals surface area contributed by atoms with Crippen LogP contribution in [0.5, 0.6) is 0 Å². The molecule has 27 heavy (non-hydrogen) atoms.